The van der Waals surface area contributed by atoms with Crippen LogP contribution in [0.3, 0.4) is 0 Å². The normalized spacial score (nSPS) is 23.3. The van der Waals surface area contributed by atoms with Crippen molar-refractivity contribution in [3.63, 3.8) is 0 Å². The van der Waals surface area contributed by atoms with E-state index in [2.05, 4.69) is 40.7 Å². The van der Waals surface area contributed by atoms with E-state index in [0.29, 0.717) is 5.78 Å². The molecule has 1 fully saturated rings. The second-order valence-corrected chi connectivity index (χ2v) is 8.65. The average Bonchev–Trinajstić information content (AvgIpc) is 2.76. The van der Waals surface area contributed by atoms with E-state index < -0.39 is 0 Å². The molecule has 0 aromatic carbocycles. The van der Waals surface area contributed by atoms with Gasteiger partial charge in [0.15, 0.2) is 5.78 Å². The minimum Gasteiger partial charge on any atom is -0.293 e. The van der Waals surface area contributed by atoms with Crippen molar-refractivity contribution in [1.29, 1.82) is 0 Å². The van der Waals surface area contributed by atoms with Crippen LogP contribution in [0.5, 0.6) is 0 Å². The Balaban J connectivity index is 2.22. The van der Waals surface area contributed by atoms with Gasteiger partial charge >= 0.3 is 0 Å². The first kappa shape index (κ1) is 14.8. The molecule has 106 valence electrons. The fourth-order valence-corrected chi connectivity index (χ4v) is 4.08. The third kappa shape index (κ3) is 3.10. The summed E-state index contributed by atoms with van der Waals surface area (Å²) in [4.78, 5) is 15.0. The van der Waals surface area contributed by atoms with E-state index in [0.717, 1.165) is 11.3 Å². The minimum atomic E-state index is 0.144. The molecule has 1 heterocycles. The molecule has 1 aromatic heterocycles. The van der Waals surface area contributed by atoms with Crippen LogP contribution in [0.2, 0.25) is 0 Å². The summed E-state index contributed by atoms with van der Waals surface area (Å²) in [5.41, 5.74) is 0.312. The molecular weight excluding hydrogens is 252 g/mol. The molecule has 1 aliphatic rings. The molecule has 1 aromatic rings. The molecule has 2 heteroatoms. The Kier molecular flexibility index (Phi) is 3.92. The number of carbonyl (C=O) groups excluding carboxylic acids is 1. The van der Waals surface area contributed by atoms with Crippen LogP contribution in [-0.4, -0.2) is 5.78 Å². The van der Waals surface area contributed by atoms with Gasteiger partial charge in [0.1, 0.15) is 0 Å². The molecule has 19 heavy (non-hydrogen) atoms. The van der Waals surface area contributed by atoms with Crippen molar-refractivity contribution in [3.05, 3.63) is 21.9 Å². The Morgan fingerprint density at radius 3 is 2.47 bits per heavy atom. The van der Waals surface area contributed by atoms with Gasteiger partial charge in [-0.1, -0.05) is 47.5 Å². The number of Topliss-reactive ketones (excluding diaryl/α,β-unsaturated/α-hetero) is 1. The molecule has 0 saturated heterocycles. The van der Waals surface area contributed by atoms with Gasteiger partial charge in [-0.05, 0) is 35.8 Å². The van der Waals surface area contributed by atoms with E-state index in [4.69, 9.17) is 0 Å². The summed E-state index contributed by atoms with van der Waals surface area (Å²) in [6.45, 7) is 11.1. The lowest BCUT2D eigenvalue weighted by Gasteiger charge is -2.37. The van der Waals surface area contributed by atoms with Gasteiger partial charge in [0, 0.05) is 10.8 Å². The number of thiophene rings is 1. The zero-order valence-electron chi connectivity index (χ0n) is 12.9. The first-order valence-corrected chi connectivity index (χ1v) is 8.18. The van der Waals surface area contributed by atoms with E-state index in [-0.39, 0.29) is 16.7 Å². The molecule has 1 unspecified atom stereocenters. The van der Waals surface area contributed by atoms with Crippen molar-refractivity contribution in [2.45, 2.75) is 65.7 Å². The first-order chi connectivity index (χ1) is 8.72. The van der Waals surface area contributed by atoms with Gasteiger partial charge in [-0.15, -0.1) is 11.3 Å². The van der Waals surface area contributed by atoms with Gasteiger partial charge < -0.3 is 0 Å². The monoisotopic (exact) mass is 278 g/mol. The summed E-state index contributed by atoms with van der Waals surface area (Å²) < 4.78 is 0. The topological polar surface area (TPSA) is 17.1 Å². The van der Waals surface area contributed by atoms with E-state index >= 15 is 0 Å². The standard InChI is InChI=1S/C17H26OS/c1-16(2,3)14-10-9-13(19-14)15(18)12-8-6-7-11-17(12,4)5/h9-10,12H,6-8,11H2,1-5H3. The second kappa shape index (κ2) is 5.05. The summed E-state index contributed by atoms with van der Waals surface area (Å²) in [7, 11) is 0. The molecule has 1 aliphatic carbocycles. The molecule has 0 amide bonds. The Bertz CT molecular complexity index is 462. The summed E-state index contributed by atoms with van der Waals surface area (Å²) in [6, 6.07) is 4.17. The van der Waals surface area contributed by atoms with Crippen molar-refractivity contribution in [1.82, 2.24) is 0 Å². The van der Waals surface area contributed by atoms with E-state index in [1.54, 1.807) is 11.3 Å². The van der Waals surface area contributed by atoms with Gasteiger partial charge in [-0.3, -0.25) is 4.79 Å². The van der Waals surface area contributed by atoms with Gasteiger partial charge in [-0.25, -0.2) is 0 Å². The zero-order valence-corrected chi connectivity index (χ0v) is 13.7. The van der Waals surface area contributed by atoms with Crippen molar-refractivity contribution in [3.8, 4) is 0 Å². The lowest BCUT2D eigenvalue weighted by molar-refractivity contribution is 0.0702. The second-order valence-electron chi connectivity index (χ2n) is 7.57. The lowest BCUT2D eigenvalue weighted by atomic mass is 9.67. The van der Waals surface area contributed by atoms with Gasteiger partial charge in [0.25, 0.3) is 0 Å². The summed E-state index contributed by atoms with van der Waals surface area (Å²) in [6.07, 6.45) is 4.72. The maximum atomic E-state index is 12.8. The molecule has 0 bridgehead atoms. The predicted molar refractivity (Wildman–Crippen MR) is 83.1 cm³/mol. The molecule has 1 atom stereocenters. The fraction of sp³-hybridized carbons (Fsp3) is 0.706. The van der Waals surface area contributed by atoms with Crippen LogP contribution in [0.4, 0.5) is 0 Å². The summed E-state index contributed by atoms with van der Waals surface area (Å²) in [5, 5.41) is 0. The molecule has 0 spiro atoms. The average molecular weight is 278 g/mol. The van der Waals surface area contributed by atoms with Crippen LogP contribution in [0.15, 0.2) is 12.1 Å². The lowest BCUT2D eigenvalue weighted by Crippen LogP contribution is -2.33. The van der Waals surface area contributed by atoms with Crippen molar-refractivity contribution in [2.24, 2.45) is 11.3 Å². The predicted octanol–water partition coefficient (Wildman–Crippen LogP) is 5.44. The zero-order chi connectivity index (χ0) is 14.3. The quantitative estimate of drug-likeness (QED) is 0.658. The summed E-state index contributed by atoms with van der Waals surface area (Å²) in [5.74, 6) is 0.595. The first-order valence-electron chi connectivity index (χ1n) is 7.36. The van der Waals surface area contributed by atoms with Gasteiger partial charge in [0.2, 0.25) is 0 Å². The number of rotatable bonds is 2. The molecule has 1 saturated carbocycles. The SMILES string of the molecule is CC(C)(C)c1ccc(C(=O)C2CCCCC2(C)C)s1. The maximum absolute atomic E-state index is 12.8. The largest absolute Gasteiger partial charge is 0.293 e. The Labute approximate surface area is 121 Å². The van der Waals surface area contributed by atoms with Crippen LogP contribution in [0, 0.1) is 11.3 Å². The molecule has 0 N–H and O–H groups in total. The Morgan fingerprint density at radius 2 is 1.95 bits per heavy atom. The van der Waals surface area contributed by atoms with Crippen LogP contribution in [0.25, 0.3) is 0 Å². The van der Waals surface area contributed by atoms with Crippen LogP contribution in [-0.2, 0) is 5.41 Å². The van der Waals surface area contributed by atoms with Crippen molar-refractivity contribution < 1.29 is 4.79 Å². The highest BCUT2D eigenvalue weighted by Gasteiger charge is 2.38. The molecule has 0 radical (unpaired) electrons. The minimum absolute atomic E-state index is 0.144. The van der Waals surface area contributed by atoms with Crippen molar-refractivity contribution >= 4 is 17.1 Å². The Morgan fingerprint density at radius 1 is 1.26 bits per heavy atom. The molecule has 0 aliphatic heterocycles. The summed E-state index contributed by atoms with van der Waals surface area (Å²) >= 11 is 1.69. The highest BCUT2D eigenvalue weighted by atomic mass is 32.1. The number of ketones is 1. The fourth-order valence-electron chi connectivity index (χ4n) is 3.03. The number of hydrogen-bond acceptors (Lipinski definition) is 2. The third-order valence-electron chi connectivity index (χ3n) is 4.41. The van der Waals surface area contributed by atoms with E-state index in [1.165, 1.54) is 24.1 Å². The van der Waals surface area contributed by atoms with Gasteiger partial charge in [0.05, 0.1) is 4.88 Å². The molecular formula is C17H26OS. The molecule has 2 rings (SSSR count). The van der Waals surface area contributed by atoms with Crippen LogP contribution >= 0.6 is 11.3 Å². The van der Waals surface area contributed by atoms with Gasteiger partial charge in [-0.2, -0.15) is 0 Å². The highest BCUT2D eigenvalue weighted by Crippen LogP contribution is 2.43. The number of hydrogen-bond donors (Lipinski definition) is 0. The number of carbonyl (C=O) groups is 1. The van der Waals surface area contributed by atoms with E-state index in [1.807, 2.05) is 6.07 Å². The van der Waals surface area contributed by atoms with Crippen LogP contribution < -0.4 is 0 Å². The Hall–Kier alpha value is -0.630. The van der Waals surface area contributed by atoms with E-state index in [9.17, 15) is 4.79 Å². The van der Waals surface area contributed by atoms with Crippen molar-refractivity contribution in [2.75, 3.05) is 0 Å². The maximum Gasteiger partial charge on any atom is 0.176 e. The highest BCUT2D eigenvalue weighted by molar-refractivity contribution is 7.14. The molecule has 1 nitrogen and oxygen atoms in total. The van der Waals surface area contributed by atoms with Crippen LogP contribution in [0.1, 0.15) is 74.9 Å². The smallest absolute Gasteiger partial charge is 0.176 e. The third-order valence-corrected chi connectivity index (χ3v) is 5.94.